The molecule has 0 bridgehead atoms. The lowest BCUT2D eigenvalue weighted by Gasteiger charge is -2.35. The number of nitrogens with one attached hydrogen (secondary N) is 1. The summed E-state index contributed by atoms with van der Waals surface area (Å²) in [5.74, 6) is 0.750. The lowest BCUT2D eigenvalue weighted by molar-refractivity contribution is -0.131. The molecule has 0 aromatic carbocycles. The van der Waals surface area contributed by atoms with E-state index in [1.54, 1.807) is 6.20 Å². The van der Waals surface area contributed by atoms with Crippen molar-refractivity contribution in [2.45, 2.75) is 45.6 Å². The largest absolute Gasteiger partial charge is 0.354 e. The Morgan fingerprint density at radius 2 is 2.29 bits per heavy atom. The van der Waals surface area contributed by atoms with Gasteiger partial charge in [0, 0.05) is 31.4 Å². The summed E-state index contributed by atoms with van der Waals surface area (Å²) >= 11 is 0. The summed E-state index contributed by atoms with van der Waals surface area (Å²) in [6.45, 7) is 9.17. The van der Waals surface area contributed by atoms with Crippen LogP contribution in [-0.4, -0.2) is 41.0 Å². The molecule has 1 amide bonds. The third-order valence-corrected chi connectivity index (χ3v) is 4.26. The maximum atomic E-state index is 12.6. The van der Waals surface area contributed by atoms with Gasteiger partial charge in [0.05, 0.1) is 5.54 Å². The lowest BCUT2D eigenvalue weighted by atomic mass is 9.96. The summed E-state index contributed by atoms with van der Waals surface area (Å²) in [6, 6.07) is 5.88. The molecule has 1 aliphatic heterocycles. The highest BCUT2D eigenvalue weighted by atomic mass is 16.2. The number of nitrogens with zero attached hydrogens (tertiary/aromatic N) is 2. The van der Waals surface area contributed by atoms with Crippen molar-refractivity contribution in [1.82, 2.24) is 15.2 Å². The second-order valence-electron chi connectivity index (χ2n) is 6.54. The van der Waals surface area contributed by atoms with Crippen LogP contribution in [0.5, 0.6) is 0 Å². The number of carbonyl (C=O) groups excluding carboxylic acids is 1. The monoisotopic (exact) mass is 289 g/mol. The molecule has 1 unspecified atom stereocenters. The molecular formula is C17H27N3O. The Kier molecular flexibility index (Phi) is 5.34. The molecule has 1 N–H and O–H groups in total. The third-order valence-electron chi connectivity index (χ3n) is 4.26. The first-order chi connectivity index (χ1) is 10.0. The van der Waals surface area contributed by atoms with Gasteiger partial charge in [0.25, 0.3) is 0 Å². The molecular weight excluding hydrogens is 262 g/mol. The molecule has 1 aliphatic rings. The van der Waals surface area contributed by atoms with Crippen molar-refractivity contribution in [2.24, 2.45) is 5.92 Å². The number of hydrogen-bond acceptors (Lipinski definition) is 3. The van der Waals surface area contributed by atoms with Crippen LogP contribution in [0.4, 0.5) is 0 Å². The molecule has 2 heterocycles. The minimum atomic E-state index is -0.339. The fourth-order valence-corrected chi connectivity index (χ4v) is 3.05. The molecule has 1 saturated heterocycles. The van der Waals surface area contributed by atoms with Crippen LogP contribution >= 0.6 is 0 Å². The van der Waals surface area contributed by atoms with E-state index in [2.05, 4.69) is 36.0 Å². The standard InChI is InChI=1S/C17H27N3O/c1-14(2)13-20-12-6-9-17(20,3)16(21)19-11-8-15-7-4-5-10-18-15/h4-5,7,10,14H,6,8-9,11-13H2,1-3H3,(H,19,21). The molecule has 0 spiro atoms. The van der Waals surface area contributed by atoms with Gasteiger partial charge in [-0.15, -0.1) is 0 Å². The van der Waals surface area contributed by atoms with Crippen molar-refractivity contribution in [3.63, 3.8) is 0 Å². The summed E-state index contributed by atoms with van der Waals surface area (Å²) in [5, 5.41) is 3.10. The third kappa shape index (κ3) is 4.03. The van der Waals surface area contributed by atoms with E-state index in [-0.39, 0.29) is 11.4 Å². The first-order valence-electron chi connectivity index (χ1n) is 7.95. The van der Waals surface area contributed by atoms with Crippen LogP contribution in [0.15, 0.2) is 24.4 Å². The maximum Gasteiger partial charge on any atom is 0.240 e. The first-order valence-corrected chi connectivity index (χ1v) is 7.95. The van der Waals surface area contributed by atoms with Crippen molar-refractivity contribution < 1.29 is 4.79 Å². The summed E-state index contributed by atoms with van der Waals surface area (Å²) in [7, 11) is 0. The van der Waals surface area contributed by atoms with Crippen molar-refractivity contribution in [1.29, 1.82) is 0 Å². The highest BCUT2D eigenvalue weighted by Gasteiger charge is 2.42. The zero-order valence-electron chi connectivity index (χ0n) is 13.4. The Hall–Kier alpha value is -1.42. The van der Waals surface area contributed by atoms with Gasteiger partial charge in [0.15, 0.2) is 0 Å². The number of pyridine rings is 1. The Labute approximate surface area is 127 Å². The van der Waals surface area contributed by atoms with Gasteiger partial charge in [0.1, 0.15) is 0 Å². The van der Waals surface area contributed by atoms with Crippen LogP contribution in [0.3, 0.4) is 0 Å². The lowest BCUT2D eigenvalue weighted by Crippen LogP contribution is -2.54. The number of rotatable bonds is 6. The van der Waals surface area contributed by atoms with Crippen LogP contribution in [0.2, 0.25) is 0 Å². The van der Waals surface area contributed by atoms with Crippen molar-refractivity contribution in [2.75, 3.05) is 19.6 Å². The van der Waals surface area contributed by atoms with Crippen LogP contribution in [0.1, 0.15) is 39.3 Å². The summed E-state index contributed by atoms with van der Waals surface area (Å²) in [5.41, 5.74) is 0.683. The van der Waals surface area contributed by atoms with Crippen molar-refractivity contribution >= 4 is 5.91 Å². The maximum absolute atomic E-state index is 12.6. The van der Waals surface area contributed by atoms with Crippen LogP contribution in [0.25, 0.3) is 0 Å². The van der Waals surface area contributed by atoms with Gasteiger partial charge in [-0.3, -0.25) is 14.7 Å². The molecule has 2 rings (SSSR count). The zero-order valence-corrected chi connectivity index (χ0v) is 13.4. The molecule has 1 atom stereocenters. The first kappa shape index (κ1) is 16.0. The van der Waals surface area contributed by atoms with Gasteiger partial charge in [-0.05, 0) is 44.4 Å². The fourth-order valence-electron chi connectivity index (χ4n) is 3.05. The van der Waals surface area contributed by atoms with Crippen molar-refractivity contribution in [3.8, 4) is 0 Å². The Morgan fingerprint density at radius 3 is 2.95 bits per heavy atom. The Morgan fingerprint density at radius 1 is 1.48 bits per heavy atom. The molecule has 4 heteroatoms. The van der Waals surface area contributed by atoms with Gasteiger partial charge >= 0.3 is 0 Å². The van der Waals surface area contributed by atoms with Crippen LogP contribution < -0.4 is 5.32 Å². The average Bonchev–Trinajstić information content (AvgIpc) is 2.82. The van der Waals surface area contributed by atoms with Crippen LogP contribution in [-0.2, 0) is 11.2 Å². The number of aromatic nitrogens is 1. The smallest absolute Gasteiger partial charge is 0.240 e. The van der Waals surface area contributed by atoms with E-state index in [1.165, 1.54) is 0 Å². The van der Waals surface area contributed by atoms with E-state index < -0.39 is 0 Å². The van der Waals surface area contributed by atoms with E-state index in [9.17, 15) is 4.79 Å². The number of amides is 1. The second kappa shape index (κ2) is 7.03. The second-order valence-corrected chi connectivity index (χ2v) is 6.54. The number of carbonyl (C=O) groups is 1. The fraction of sp³-hybridized carbons (Fsp3) is 0.647. The molecule has 1 aromatic rings. The predicted molar refractivity (Wildman–Crippen MR) is 85.0 cm³/mol. The average molecular weight is 289 g/mol. The number of likely N-dealkylation sites (tertiary alicyclic amines) is 1. The molecule has 0 radical (unpaired) electrons. The zero-order chi connectivity index (χ0) is 15.3. The summed E-state index contributed by atoms with van der Waals surface area (Å²) in [6.07, 6.45) is 4.64. The van der Waals surface area contributed by atoms with E-state index >= 15 is 0 Å². The van der Waals surface area contributed by atoms with Crippen molar-refractivity contribution in [3.05, 3.63) is 30.1 Å². The van der Waals surface area contributed by atoms with Gasteiger partial charge in [-0.2, -0.15) is 0 Å². The SMILES string of the molecule is CC(C)CN1CCCC1(C)C(=O)NCCc1ccccn1. The topological polar surface area (TPSA) is 45.2 Å². The van der Waals surface area contributed by atoms with E-state index in [0.717, 1.165) is 38.0 Å². The highest BCUT2D eigenvalue weighted by molar-refractivity contribution is 5.86. The summed E-state index contributed by atoms with van der Waals surface area (Å²) < 4.78 is 0. The summed E-state index contributed by atoms with van der Waals surface area (Å²) in [4.78, 5) is 19.2. The van der Waals surface area contributed by atoms with Gasteiger partial charge in [-0.25, -0.2) is 0 Å². The minimum absolute atomic E-state index is 0.164. The van der Waals surface area contributed by atoms with E-state index in [0.29, 0.717) is 12.5 Å². The molecule has 21 heavy (non-hydrogen) atoms. The van der Waals surface area contributed by atoms with Gasteiger partial charge in [0.2, 0.25) is 5.91 Å². The number of hydrogen-bond donors (Lipinski definition) is 1. The molecule has 1 aromatic heterocycles. The normalized spacial score (nSPS) is 22.7. The van der Waals surface area contributed by atoms with Gasteiger partial charge < -0.3 is 5.32 Å². The molecule has 0 saturated carbocycles. The van der Waals surface area contributed by atoms with Crippen LogP contribution in [0, 0.1) is 5.92 Å². The minimum Gasteiger partial charge on any atom is -0.354 e. The van der Waals surface area contributed by atoms with E-state index in [4.69, 9.17) is 0 Å². The Bertz CT molecular complexity index is 460. The molecule has 116 valence electrons. The molecule has 0 aliphatic carbocycles. The molecule has 1 fully saturated rings. The highest BCUT2D eigenvalue weighted by Crippen LogP contribution is 2.29. The van der Waals surface area contributed by atoms with E-state index in [1.807, 2.05) is 18.2 Å². The molecule has 4 nitrogen and oxygen atoms in total. The quantitative estimate of drug-likeness (QED) is 0.873. The predicted octanol–water partition coefficient (Wildman–Crippen LogP) is 2.25. The Balaban J connectivity index is 1.86. The van der Waals surface area contributed by atoms with Gasteiger partial charge in [-0.1, -0.05) is 19.9 Å².